The Morgan fingerprint density at radius 1 is 0.821 bits per heavy atom. The van der Waals surface area contributed by atoms with Gasteiger partial charge in [0.2, 0.25) is 10.0 Å². The van der Waals surface area contributed by atoms with Crippen molar-refractivity contribution < 1.29 is 21.0 Å². The van der Waals surface area contributed by atoms with Gasteiger partial charge in [-0.2, -0.15) is 8.42 Å². The smallest absolute Gasteiger partial charge is 0.265 e. The molecule has 0 aliphatic carbocycles. The molecule has 0 radical (unpaired) electrons. The third-order valence-corrected chi connectivity index (χ3v) is 6.98. The van der Waals surface area contributed by atoms with Crippen molar-refractivity contribution >= 4 is 20.1 Å². The highest BCUT2D eigenvalue weighted by Crippen LogP contribution is 2.17. The van der Waals surface area contributed by atoms with Crippen LogP contribution in [0.5, 0.6) is 0 Å². The monoisotopic (exact) mass is 425 g/mol. The number of hydrogen-bond acceptors (Lipinski definition) is 5. The number of nitrogens with one attached hydrogen (secondary N) is 1. The predicted molar refractivity (Wildman–Crippen MR) is 109 cm³/mol. The summed E-state index contributed by atoms with van der Waals surface area (Å²) in [5.41, 5.74) is 1.88. The summed E-state index contributed by atoms with van der Waals surface area (Å²) in [5.74, 6) is 0.149. The van der Waals surface area contributed by atoms with Gasteiger partial charge in [0.15, 0.2) is 0 Å². The van der Waals surface area contributed by atoms with Crippen molar-refractivity contribution in [3.05, 3.63) is 59.7 Å². The van der Waals surface area contributed by atoms with Gasteiger partial charge in [0.05, 0.1) is 16.4 Å². The van der Waals surface area contributed by atoms with E-state index in [0.29, 0.717) is 6.42 Å². The van der Waals surface area contributed by atoms with E-state index >= 15 is 0 Å². The molecule has 2 aromatic carbocycles. The molecule has 8 heteroatoms. The Hall–Kier alpha value is -1.74. The molecule has 0 heterocycles. The third-order valence-electron chi connectivity index (χ3n) is 4.14. The summed E-state index contributed by atoms with van der Waals surface area (Å²) in [5, 5.41) is 0. The Morgan fingerprint density at radius 3 is 1.75 bits per heavy atom. The van der Waals surface area contributed by atoms with Crippen LogP contribution in [0.2, 0.25) is 0 Å². The lowest BCUT2D eigenvalue weighted by Gasteiger charge is -2.20. The molecule has 0 aliphatic rings. The zero-order valence-corrected chi connectivity index (χ0v) is 18.2. The van der Waals surface area contributed by atoms with Gasteiger partial charge < -0.3 is 0 Å². The summed E-state index contributed by atoms with van der Waals surface area (Å²) in [6.45, 7) is 7.31. The first-order chi connectivity index (χ1) is 13.0. The van der Waals surface area contributed by atoms with E-state index in [1.54, 1.807) is 24.3 Å². The highest BCUT2D eigenvalue weighted by Gasteiger charge is 2.24. The number of benzene rings is 2. The van der Waals surface area contributed by atoms with Crippen LogP contribution < -0.4 is 4.72 Å². The molecule has 2 aromatic rings. The standard InChI is InChI=1S/C20H27NO5S2/c1-15(2)13-18(21-27(22,23)19-9-5-16(3)6-10-19)14-26-28(24,25)20-11-7-17(4)8-12-20/h5-12,15,18,21H,13-14H2,1-4H3/t18-/m0/s1. The maximum atomic E-state index is 12.7. The quantitative estimate of drug-likeness (QED) is 0.622. The van der Waals surface area contributed by atoms with Gasteiger partial charge in [0, 0.05) is 6.04 Å². The first kappa shape index (κ1) is 22.5. The first-order valence-corrected chi connectivity index (χ1v) is 11.9. The summed E-state index contributed by atoms with van der Waals surface area (Å²) < 4.78 is 57.9. The molecule has 0 aliphatic heterocycles. The normalized spacial score (nSPS) is 13.6. The largest absolute Gasteiger partial charge is 0.297 e. The van der Waals surface area contributed by atoms with E-state index in [9.17, 15) is 16.8 Å². The fourth-order valence-electron chi connectivity index (χ4n) is 2.67. The van der Waals surface area contributed by atoms with Crippen molar-refractivity contribution in [2.45, 2.75) is 49.9 Å². The Bertz CT molecular complexity index is 980. The lowest BCUT2D eigenvalue weighted by Crippen LogP contribution is -2.39. The Labute approximate surface area is 168 Å². The van der Waals surface area contributed by atoms with Gasteiger partial charge in [0.25, 0.3) is 10.1 Å². The van der Waals surface area contributed by atoms with E-state index in [4.69, 9.17) is 4.18 Å². The Balaban J connectivity index is 2.15. The molecule has 0 saturated carbocycles. The van der Waals surface area contributed by atoms with Gasteiger partial charge in [0.1, 0.15) is 0 Å². The molecule has 0 spiro atoms. The fourth-order valence-corrected chi connectivity index (χ4v) is 4.85. The SMILES string of the molecule is Cc1ccc(S(=O)(=O)N[C@H](COS(=O)(=O)c2ccc(C)cc2)CC(C)C)cc1. The average Bonchev–Trinajstić information content (AvgIpc) is 2.60. The number of hydrogen-bond donors (Lipinski definition) is 1. The third kappa shape index (κ3) is 6.41. The minimum absolute atomic E-state index is 0.0442. The molecule has 0 unspecified atom stereocenters. The van der Waals surface area contributed by atoms with Gasteiger partial charge in [-0.05, 0) is 50.5 Å². The zero-order chi connectivity index (χ0) is 20.9. The number of rotatable bonds is 9. The Morgan fingerprint density at radius 2 is 1.29 bits per heavy atom. The predicted octanol–water partition coefficient (Wildman–Crippen LogP) is 3.40. The summed E-state index contributed by atoms with van der Waals surface area (Å²) in [6.07, 6.45) is 0.439. The molecule has 0 fully saturated rings. The zero-order valence-electron chi connectivity index (χ0n) is 16.5. The Kier molecular flexibility index (Phi) is 7.39. The molecule has 2 rings (SSSR count). The van der Waals surface area contributed by atoms with Gasteiger partial charge in [-0.15, -0.1) is 0 Å². The second-order valence-electron chi connectivity index (χ2n) is 7.31. The molecular weight excluding hydrogens is 398 g/mol. The summed E-state index contributed by atoms with van der Waals surface area (Å²) in [6, 6.07) is 12.1. The summed E-state index contributed by atoms with van der Waals surface area (Å²) in [7, 11) is -7.75. The van der Waals surface area contributed by atoms with E-state index in [2.05, 4.69) is 4.72 Å². The molecule has 1 N–H and O–H groups in total. The maximum Gasteiger partial charge on any atom is 0.297 e. The molecule has 28 heavy (non-hydrogen) atoms. The van der Waals surface area contributed by atoms with E-state index in [-0.39, 0.29) is 22.3 Å². The number of sulfonamides is 1. The molecule has 0 saturated heterocycles. The van der Waals surface area contributed by atoms with Crippen molar-refractivity contribution in [3.8, 4) is 0 Å². The van der Waals surface area contributed by atoms with E-state index in [1.165, 1.54) is 24.3 Å². The number of aryl methyl sites for hydroxylation is 2. The summed E-state index contributed by atoms with van der Waals surface area (Å²) >= 11 is 0. The van der Waals surface area contributed by atoms with Crippen LogP contribution in [0.4, 0.5) is 0 Å². The van der Waals surface area contributed by atoms with Gasteiger partial charge >= 0.3 is 0 Å². The maximum absolute atomic E-state index is 12.7. The molecule has 6 nitrogen and oxygen atoms in total. The van der Waals surface area contributed by atoms with Crippen LogP contribution in [-0.2, 0) is 24.3 Å². The van der Waals surface area contributed by atoms with Gasteiger partial charge in [-0.3, -0.25) is 4.18 Å². The minimum Gasteiger partial charge on any atom is -0.265 e. The fraction of sp³-hybridized carbons (Fsp3) is 0.400. The van der Waals surface area contributed by atoms with Crippen molar-refractivity contribution in [1.82, 2.24) is 4.72 Å². The van der Waals surface area contributed by atoms with Crippen molar-refractivity contribution in [2.75, 3.05) is 6.61 Å². The van der Waals surface area contributed by atoms with Gasteiger partial charge in [-0.1, -0.05) is 49.2 Å². The second-order valence-corrected chi connectivity index (χ2v) is 10.6. The average molecular weight is 426 g/mol. The summed E-state index contributed by atoms with van der Waals surface area (Å²) in [4.78, 5) is 0.177. The highest BCUT2D eigenvalue weighted by molar-refractivity contribution is 7.89. The lowest BCUT2D eigenvalue weighted by molar-refractivity contribution is 0.264. The van der Waals surface area contributed by atoms with E-state index < -0.39 is 26.2 Å². The van der Waals surface area contributed by atoms with Crippen LogP contribution >= 0.6 is 0 Å². The molecule has 1 atom stereocenters. The van der Waals surface area contributed by atoms with Crippen LogP contribution in [0.1, 0.15) is 31.4 Å². The van der Waals surface area contributed by atoms with Crippen molar-refractivity contribution in [2.24, 2.45) is 5.92 Å². The van der Waals surface area contributed by atoms with Crippen LogP contribution in [0.25, 0.3) is 0 Å². The topological polar surface area (TPSA) is 89.5 Å². The second kappa shape index (κ2) is 9.17. The minimum atomic E-state index is -3.97. The molecular formula is C20H27NO5S2. The van der Waals surface area contributed by atoms with Crippen molar-refractivity contribution in [3.63, 3.8) is 0 Å². The lowest BCUT2D eigenvalue weighted by atomic mass is 10.1. The van der Waals surface area contributed by atoms with Crippen LogP contribution in [0, 0.1) is 19.8 Å². The molecule has 0 aromatic heterocycles. The van der Waals surface area contributed by atoms with Crippen molar-refractivity contribution in [1.29, 1.82) is 0 Å². The van der Waals surface area contributed by atoms with Crippen LogP contribution in [0.15, 0.2) is 58.3 Å². The van der Waals surface area contributed by atoms with Gasteiger partial charge in [-0.25, -0.2) is 13.1 Å². The van der Waals surface area contributed by atoms with E-state index in [1.807, 2.05) is 27.7 Å². The molecule has 0 amide bonds. The van der Waals surface area contributed by atoms with Crippen LogP contribution in [0.3, 0.4) is 0 Å². The highest BCUT2D eigenvalue weighted by atomic mass is 32.2. The molecule has 0 bridgehead atoms. The molecule has 154 valence electrons. The van der Waals surface area contributed by atoms with Crippen LogP contribution in [-0.4, -0.2) is 29.5 Å². The first-order valence-electron chi connectivity index (χ1n) is 9.05. The van der Waals surface area contributed by atoms with E-state index in [0.717, 1.165) is 11.1 Å².